The number of nitrogens with one attached hydrogen (secondary N) is 1. The number of benzene rings is 3. The maximum absolute atomic E-state index is 13.2. The molecule has 29 heavy (non-hydrogen) atoms. The van der Waals surface area contributed by atoms with Gasteiger partial charge in [0.25, 0.3) is 11.5 Å². The molecule has 144 valence electrons. The Bertz CT molecular complexity index is 1250. The fraction of sp³-hybridized carbons (Fsp3) is 0.0435. The molecule has 0 bridgehead atoms. The molecule has 1 aromatic heterocycles. The Kier molecular flexibility index (Phi) is 4.83. The molecule has 2 N–H and O–H groups in total. The number of carbonyl (C=O) groups excluding carboxylic acids is 1. The number of carbonyl (C=O) groups is 1. The third-order valence-corrected chi connectivity index (χ3v) is 4.66. The van der Waals surface area contributed by atoms with Crippen molar-refractivity contribution in [3.05, 3.63) is 106 Å². The summed E-state index contributed by atoms with van der Waals surface area (Å²) < 4.78 is 14.5. The van der Waals surface area contributed by atoms with E-state index >= 15 is 0 Å². The van der Waals surface area contributed by atoms with Crippen LogP contribution >= 0.6 is 0 Å². The predicted molar refractivity (Wildman–Crippen MR) is 109 cm³/mol. The first-order valence-electron chi connectivity index (χ1n) is 9.01. The summed E-state index contributed by atoms with van der Waals surface area (Å²) in [6, 6.07) is 21.4. The summed E-state index contributed by atoms with van der Waals surface area (Å²) in [6.45, 7) is 0.0934. The van der Waals surface area contributed by atoms with Gasteiger partial charge in [0.05, 0.1) is 5.52 Å². The number of fused-ring (bicyclic) bond motifs is 1. The standard InChI is InChI=1S/C23H17FN2O3/c24-16-12-10-15(11-13-16)14-25-22(28)20-21(27)18-8-4-5-9-19(18)26(23(20)29)17-6-2-1-3-7-17/h1-13,27H,14H2,(H,25,28). The molecule has 5 nitrogen and oxygen atoms in total. The first kappa shape index (κ1) is 18.4. The molecule has 0 spiro atoms. The lowest BCUT2D eigenvalue weighted by atomic mass is 10.1. The molecule has 0 unspecified atom stereocenters. The second-order valence-electron chi connectivity index (χ2n) is 6.53. The molecule has 0 radical (unpaired) electrons. The van der Waals surface area contributed by atoms with Gasteiger partial charge in [-0.05, 0) is 42.0 Å². The topological polar surface area (TPSA) is 71.3 Å². The van der Waals surface area contributed by atoms with E-state index in [9.17, 15) is 19.1 Å². The maximum atomic E-state index is 13.2. The Morgan fingerprint density at radius 3 is 2.31 bits per heavy atom. The SMILES string of the molecule is O=C(NCc1ccc(F)cc1)c1c(O)c2ccccc2n(-c2ccccc2)c1=O. The van der Waals surface area contributed by atoms with Crippen LogP contribution in [0, 0.1) is 5.82 Å². The second kappa shape index (κ2) is 7.59. The van der Waals surface area contributed by atoms with Crippen LogP contribution in [-0.4, -0.2) is 15.6 Å². The first-order valence-corrected chi connectivity index (χ1v) is 9.01. The maximum Gasteiger partial charge on any atom is 0.272 e. The fourth-order valence-corrected chi connectivity index (χ4v) is 3.24. The number of amides is 1. The summed E-state index contributed by atoms with van der Waals surface area (Å²) in [7, 11) is 0. The van der Waals surface area contributed by atoms with Gasteiger partial charge in [0.2, 0.25) is 0 Å². The van der Waals surface area contributed by atoms with Crippen molar-refractivity contribution in [3.8, 4) is 11.4 Å². The molecule has 4 aromatic rings. The average molecular weight is 388 g/mol. The van der Waals surface area contributed by atoms with E-state index in [2.05, 4.69) is 5.32 Å². The van der Waals surface area contributed by atoms with Crippen LogP contribution < -0.4 is 10.9 Å². The van der Waals surface area contributed by atoms with Crippen LogP contribution in [-0.2, 0) is 6.54 Å². The van der Waals surface area contributed by atoms with Crippen molar-refractivity contribution in [3.63, 3.8) is 0 Å². The van der Waals surface area contributed by atoms with Crippen LogP contribution in [0.5, 0.6) is 5.75 Å². The summed E-state index contributed by atoms with van der Waals surface area (Å²) in [5, 5.41) is 13.7. The zero-order valence-electron chi connectivity index (χ0n) is 15.3. The zero-order chi connectivity index (χ0) is 20.4. The Morgan fingerprint density at radius 1 is 0.931 bits per heavy atom. The van der Waals surface area contributed by atoms with Crippen molar-refractivity contribution in [1.82, 2.24) is 9.88 Å². The van der Waals surface area contributed by atoms with Crippen LogP contribution in [0.1, 0.15) is 15.9 Å². The van der Waals surface area contributed by atoms with Crippen molar-refractivity contribution in [1.29, 1.82) is 0 Å². The summed E-state index contributed by atoms with van der Waals surface area (Å²) in [6.07, 6.45) is 0. The Hall–Kier alpha value is -3.93. The molecule has 0 atom stereocenters. The number of rotatable bonds is 4. The van der Waals surface area contributed by atoms with Crippen molar-refractivity contribution >= 4 is 16.8 Å². The monoisotopic (exact) mass is 388 g/mol. The summed E-state index contributed by atoms with van der Waals surface area (Å²) in [5.41, 5.74) is 0.791. The minimum Gasteiger partial charge on any atom is -0.506 e. The average Bonchev–Trinajstić information content (AvgIpc) is 2.74. The van der Waals surface area contributed by atoms with Gasteiger partial charge >= 0.3 is 0 Å². The van der Waals surface area contributed by atoms with E-state index in [4.69, 9.17) is 0 Å². The molecule has 1 amide bonds. The quantitative estimate of drug-likeness (QED) is 0.559. The highest BCUT2D eigenvalue weighted by molar-refractivity contribution is 6.02. The molecule has 0 saturated heterocycles. The van der Waals surface area contributed by atoms with Gasteiger partial charge < -0.3 is 10.4 Å². The number of halogens is 1. The minimum atomic E-state index is -0.702. The molecule has 0 aliphatic heterocycles. The normalized spacial score (nSPS) is 10.8. The van der Waals surface area contributed by atoms with Crippen molar-refractivity contribution < 1.29 is 14.3 Å². The molecule has 3 aromatic carbocycles. The Labute approximate surface area is 165 Å². The summed E-state index contributed by atoms with van der Waals surface area (Å²) in [4.78, 5) is 26.0. The highest BCUT2D eigenvalue weighted by Crippen LogP contribution is 2.28. The Balaban J connectivity index is 1.81. The first-order chi connectivity index (χ1) is 14.1. The zero-order valence-corrected chi connectivity index (χ0v) is 15.3. The lowest BCUT2D eigenvalue weighted by Crippen LogP contribution is -2.32. The number of aromatic hydroxyl groups is 1. The molecular formula is C23H17FN2O3. The van der Waals surface area contributed by atoms with Gasteiger partial charge in [-0.1, -0.05) is 42.5 Å². The van der Waals surface area contributed by atoms with Crippen molar-refractivity contribution in [2.75, 3.05) is 0 Å². The number of hydrogen-bond acceptors (Lipinski definition) is 3. The van der Waals surface area contributed by atoms with E-state index in [1.165, 1.54) is 28.8 Å². The number of hydrogen-bond donors (Lipinski definition) is 2. The van der Waals surface area contributed by atoms with Gasteiger partial charge in [-0.25, -0.2) is 4.39 Å². The minimum absolute atomic E-state index is 0.0934. The van der Waals surface area contributed by atoms with E-state index in [-0.39, 0.29) is 23.7 Å². The predicted octanol–water partition coefficient (Wildman–Crippen LogP) is 3.77. The summed E-state index contributed by atoms with van der Waals surface area (Å²) >= 11 is 0. The van der Waals surface area contributed by atoms with Crippen LogP contribution in [0.3, 0.4) is 0 Å². The van der Waals surface area contributed by atoms with E-state index in [1.807, 2.05) is 6.07 Å². The molecule has 0 aliphatic carbocycles. The molecule has 0 aliphatic rings. The number of pyridine rings is 1. The van der Waals surface area contributed by atoms with Crippen LogP contribution in [0.2, 0.25) is 0 Å². The van der Waals surface area contributed by atoms with E-state index in [0.29, 0.717) is 22.2 Å². The lowest BCUT2D eigenvalue weighted by Gasteiger charge is -2.15. The van der Waals surface area contributed by atoms with Gasteiger partial charge in [0, 0.05) is 17.6 Å². The van der Waals surface area contributed by atoms with Crippen LogP contribution in [0.15, 0.2) is 83.7 Å². The van der Waals surface area contributed by atoms with Gasteiger partial charge in [0.15, 0.2) is 0 Å². The fourth-order valence-electron chi connectivity index (χ4n) is 3.24. The van der Waals surface area contributed by atoms with Crippen molar-refractivity contribution in [2.24, 2.45) is 0 Å². The van der Waals surface area contributed by atoms with Crippen LogP contribution in [0.4, 0.5) is 4.39 Å². The van der Waals surface area contributed by atoms with Crippen molar-refractivity contribution in [2.45, 2.75) is 6.54 Å². The number of aromatic nitrogens is 1. The van der Waals surface area contributed by atoms with E-state index < -0.39 is 11.5 Å². The summed E-state index contributed by atoms with van der Waals surface area (Å²) in [5.74, 6) is -1.44. The number of nitrogens with zero attached hydrogens (tertiary/aromatic N) is 1. The molecule has 0 fully saturated rings. The highest BCUT2D eigenvalue weighted by Gasteiger charge is 2.22. The molecule has 1 heterocycles. The van der Waals surface area contributed by atoms with Gasteiger partial charge in [-0.2, -0.15) is 0 Å². The van der Waals surface area contributed by atoms with E-state index in [0.717, 1.165) is 0 Å². The third-order valence-electron chi connectivity index (χ3n) is 4.66. The lowest BCUT2D eigenvalue weighted by molar-refractivity contribution is 0.0946. The third kappa shape index (κ3) is 3.48. The van der Waals surface area contributed by atoms with E-state index in [1.54, 1.807) is 48.5 Å². The Morgan fingerprint density at radius 2 is 1.59 bits per heavy atom. The molecule has 6 heteroatoms. The smallest absolute Gasteiger partial charge is 0.272 e. The second-order valence-corrected chi connectivity index (χ2v) is 6.53. The van der Waals surface area contributed by atoms with Crippen LogP contribution in [0.25, 0.3) is 16.6 Å². The highest BCUT2D eigenvalue weighted by atomic mass is 19.1. The number of para-hydroxylation sites is 2. The van der Waals surface area contributed by atoms with Gasteiger partial charge in [-0.15, -0.1) is 0 Å². The molecule has 0 saturated carbocycles. The molecular weight excluding hydrogens is 371 g/mol. The van der Waals surface area contributed by atoms with Gasteiger partial charge in [-0.3, -0.25) is 14.2 Å². The van der Waals surface area contributed by atoms with Gasteiger partial charge in [0.1, 0.15) is 17.1 Å². The largest absolute Gasteiger partial charge is 0.506 e. The molecule has 4 rings (SSSR count).